The van der Waals surface area contributed by atoms with E-state index in [2.05, 4.69) is 25.7 Å². The van der Waals surface area contributed by atoms with Crippen LogP contribution in [0.25, 0.3) is 10.2 Å². The predicted octanol–water partition coefficient (Wildman–Crippen LogP) is 6.15. The number of amides is 1. The number of carbonyl (C=O) groups is 1. The monoisotopic (exact) mass is 443 g/mol. The van der Waals surface area contributed by atoms with Crippen molar-refractivity contribution in [2.24, 2.45) is 0 Å². The fraction of sp³-hybridized carbons (Fsp3) is 0.417. The van der Waals surface area contributed by atoms with E-state index >= 15 is 0 Å². The van der Waals surface area contributed by atoms with Gasteiger partial charge in [0.1, 0.15) is 0 Å². The Morgan fingerprint density at radius 2 is 1.77 bits per heavy atom. The van der Waals surface area contributed by atoms with Crippen molar-refractivity contribution in [1.82, 2.24) is 9.88 Å². The molecular weight excluding hydrogens is 414 g/mol. The lowest BCUT2D eigenvalue weighted by molar-refractivity contribution is 0.0986. The smallest absolute Gasteiger partial charge is 0.260 e. The molecule has 30 heavy (non-hydrogen) atoms. The third kappa shape index (κ3) is 5.20. The maximum Gasteiger partial charge on any atom is 0.260 e. The zero-order valence-electron chi connectivity index (χ0n) is 18.6. The van der Waals surface area contributed by atoms with Crippen molar-refractivity contribution in [3.8, 4) is 0 Å². The van der Waals surface area contributed by atoms with Gasteiger partial charge in [0, 0.05) is 17.1 Å². The SMILES string of the molecule is Cc1cc(Cl)cc2sc(N(CCCN(C)C)C(=O)c3ccc(C(C)(C)C)cc3)nc12. The Balaban J connectivity index is 1.96. The first-order valence-electron chi connectivity index (χ1n) is 10.2. The normalized spacial score (nSPS) is 12.0. The summed E-state index contributed by atoms with van der Waals surface area (Å²) in [6, 6.07) is 11.8. The molecule has 3 rings (SSSR count). The van der Waals surface area contributed by atoms with Crippen LogP contribution in [0.4, 0.5) is 5.13 Å². The summed E-state index contributed by atoms with van der Waals surface area (Å²) < 4.78 is 1.00. The molecule has 1 amide bonds. The highest BCUT2D eigenvalue weighted by Crippen LogP contribution is 2.34. The third-order valence-electron chi connectivity index (χ3n) is 5.10. The van der Waals surface area contributed by atoms with Gasteiger partial charge in [-0.1, -0.05) is 55.8 Å². The van der Waals surface area contributed by atoms with Gasteiger partial charge in [0.15, 0.2) is 5.13 Å². The van der Waals surface area contributed by atoms with Crippen LogP contribution in [0, 0.1) is 6.92 Å². The summed E-state index contributed by atoms with van der Waals surface area (Å²) in [6.45, 7) is 10.0. The average molecular weight is 444 g/mol. The second-order valence-corrected chi connectivity index (χ2v) is 10.5. The number of hydrogen-bond acceptors (Lipinski definition) is 4. The summed E-state index contributed by atoms with van der Waals surface area (Å²) in [6.07, 6.45) is 0.870. The first-order chi connectivity index (χ1) is 14.1. The molecule has 0 aliphatic heterocycles. The maximum atomic E-state index is 13.5. The highest BCUT2D eigenvalue weighted by Gasteiger charge is 2.22. The quantitative estimate of drug-likeness (QED) is 0.458. The van der Waals surface area contributed by atoms with Crippen LogP contribution in [0.5, 0.6) is 0 Å². The molecule has 4 nitrogen and oxygen atoms in total. The number of halogens is 1. The summed E-state index contributed by atoms with van der Waals surface area (Å²) in [5.41, 5.74) is 3.88. The van der Waals surface area contributed by atoms with Crippen molar-refractivity contribution in [1.29, 1.82) is 0 Å². The summed E-state index contributed by atoms with van der Waals surface area (Å²) in [5.74, 6) is -0.0166. The molecule has 160 valence electrons. The molecule has 0 unspecified atom stereocenters. The number of thiazole rings is 1. The number of aryl methyl sites for hydroxylation is 1. The number of nitrogens with zero attached hydrogens (tertiary/aromatic N) is 3. The van der Waals surface area contributed by atoms with Crippen molar-refractivity contribution < 1.29 is 4.79 Å². The van der Waals surface area contributed by atoms with Crippen LogP contribution in [-0.4, -0.2) is 43.0 Å². The lowest BCUT2D eigenvalue weighted by atomic mass is 9.86. The van der Waals surface area contributed by atoms with E-state index in [0.29, 0.717) is 17.1 Å². The number of benzene rings is 2. The van der Waals surface area contributed by atoms with Crippen molar-refractivity contribution >= 4 is 44.2 Å². The summed E-state index contributed by atoms with van der Waals surface area (Å²) in [7, 11) is 4.08. The lowest BCUT2D eigenvalue weighted by Gasteiger charge is -2.22. The molecule has 0 N–H and O–H groups in total. The number of hydrogen-bond donors (Lipinski definition) is 0. The van der Waals surface area contributed by atoms with Crippen molar-refractivity contribution in [3.63, 3.8) is 0 Å². The summed E-state index contributed by atoms with van der Waals surface area (Å²) >= 11 is 7.75. The Morgan fingerprint density at radius 3 is 2.37 bits per heavy atom. The molecule has 0 aliphatic rings. The van der Waals surface area contributed by atoms with Gasteiger partial charge in [-0.15, -0.1) is 0 Å². The first-order valence-corrected chi connectivity index (χ1v) is 11.4. The van der Waals surface area contributed by atoms with E-state index < -0.39 is 0 Å². The number of anilines is 1. The molecule has 0 bridgehead atoms. The fourth-order valence-electron chi connectivity index (χ4n) is 3.36. The van der Waals surface area contributed by atoms with Crippen LogP contribution in [0.2, 0.25) is 5.02 Å². The van der Waals surface area contributed by atoms with E-state index in [0.717, 1.165) is 33.9 Å². The molecule has 0 fully saturated rings. The van der Waals surface area contributed by atoms with Crippen LogP contribution >= 0.6 is 22.9 Å². The summed E-state index contributed by atoms with van der Waals surface area (Å²) in [4.78, 5) is 22.2. The van der Waals surface area contributed by atoms with E-state index in [4.69, 9.17) is 16.6 Å². The van der Waals surface area contributed by atoms with Gasteiger partial charge in [0.05, 0.1) is 10.2 Å². The predicted molar refractivity (Wildman–Crippen MR) is 129 cm³/mol. The Morgan fingerprint density at radius 1 is 1.10 bits per heavy atom. The zero-order chi connectivity index (χ0) is 22.1. The first kappa shape index (κ1) is 22.7. The molecule has 3 aromatic rings. The molecule has 0 atom stereocenters. The van der Waals surface area contributed by atoms with Crippen LogP contribution in [0.3, 0.4) is 0 Å². The van der Waals surface area contributed by atoms with E-state index in [1.54, 1.807) is 0 Å². The Bertz CT molecular complexity index is 1040. The molecular formula is C24H30ClN3OS. The standard InChI is InChI=1S/C24H30ClN3OS/c1-16-14-19(25)15-20-21(16)26-23(30-20)28(13-7-12-27(5)6)22(29)17-8-10-18(11-9-17)24(2,3)4/h8-11,14-15H,7,12-13H2,1-6H3. The molecule has 1 aromatic heterocycles. The molecule has 0 radical (unpaired) electrons. The van der Waals surface area contributed by atoms with E-state index in [1.165, 1.54) is 16.9 Å². The van der Waals surface area contributed by atoms with Gasteiger partial charge in [0.2, 0.25) is 0 Å². The second-order valence-electron chi connectivity index (χ2n) is 9.01. The van der Waals surface area contributed by atoms with Gasteiger partial charge in [-0.05, 0) is 74.8 Å². The molecule has 1 heterocycles. The fourth-order valence-corrected chi connectivity index (χ4v) is 4.80. The van der Waals surface area contributed by atoms with Crippen molar-refractivity contribution in [3.05, 3.63) is 58.1 Å². The lowest BCUT2D eigenvalue weighted by Crippen LogP contribution is -2.33. The molecule has 0 saturated carbocycles. The van der Waals surface area contributed by atoms with Crippen LogP contribution in [0.15, 0.2) is 36.4 Å². The van der Waals surface area contributed by atoms with Crippen LogP contribution < -0.4 is 4.90 Å². The molecule has 0 aliphatic carbocycles. The van der Waals surface area contributed by atoms with Gasteiger partial charge in [-0.2, -0.15) is 0 Å². The number of rotatable bonds is 6. The Kier molecular flexibility index (Phi) is 6.85. The topological polar surface area (TPSA) is 36.4 Å². The van der Waals surface area contributed by atoms with Crippen LogP contribution in [0.1, 0.15) is 48.7 Å². The Hall–Kier alpha value is -1.95. The molecule has 0 spiro atoms. The molecule has 0 saturated heterocycles. The van der Waals surface area contributed by atoms with Gasteiger partial charge in [0.25, 0.3) is 5.91 Å². The van der Waals surface area contributed by atoms with Gasteiger partial charge >= 0.3 is 0 Å². The van der Waals surface area contributed by atoms with Crippen molar-refractivity contribution in [2.45, 2.75) is 39.5 Å². The minimum Gasteiger partial charge on any atom is -0.309 e. The number of fused-ring (bicyclic) bond motifs is 1. The van der Waals surface area contributed by atoms with E-state index in [9.17, 15) is 4.79 Å². The van der Waals surface area contributed by atoms with Gasteiger partial charge in [-0.25, -0.2) is 4.98 Å². The van der Waals surface area contributed by atoms with E-state index in [1.807, 2.05) is 62.3 Å². The van der Waals surface area contributed by atoms with Gasteiger partial charge < -0.3 is 4.90 Å². The highest BCUT2D eigenvalue weighted by atomic mass is 35.5. The Labute approximate surface area is 188 Å². The molecule has 2 aromatic carbocycles. The summed E-state index contributed by atoms with van der Waals surface area (Å²) in [5, 5.41) is 1.41. The van der Waals surface area contributed by atoms with Crippen molar-refractivity contribution in [2.75, 3.05) is 32.1 Å². The molecule has 6 heteroatoms. The third-order valence-corrected chi connectivity index (χ3v) is 6.34. The minimum atomic E-state index is -0.0166. The largest absolute Gasteiger partial charge is 0.309 e. The second kappa shape index (κ2) is 9.04. The average Bonchev–Trinajstić information content (AvgIpc) is 3.08. The zero-order valence-corrected chi connectivity index (χ0v) is 20.2. The van der Waals surface area contributed by atoms with E-state index in [-0.39, 0.29) is 11.3 Å². The number of aromatic nitrogens is 1. The highest BCUT2D eigenvalue weighted by molar-refractivity contribution is 7.22. The number of carbonyl (C=O) groups excluding carboxylic acids is 1. The van der Waals surface area contributed by atoms with Gasteiger partial charge in [-0.3, -0.25) is 9.69 Å². The minimum absolute atomic E-state index is 0.0166. The van der Waals surface area contributed by atoms with Crippen LogP contribution in [-0.2, 0) is 5.41 Å². The maximum absolute atomic E-state index is 13.5.